The lowest BCUT2D eigenvalue weighted by atomic mass is 9.77. The highest BCUT2D eigenvalue weighted by Crippen LogP contribution is 2.36. The van der Waals surface area contributed by atoms with Crippen LogP contribution >= 0.6 is 0 Å². The summed E-state index contributed by atoms with van der Waals surface area (Å²) in [5.74, 6) is 4.24. The van der Waals surface area contributed by atoms with Crippen LogP contribution in [0.3, 0.4) is 0 Å². The fraction of sp³-hybridized carbons (Fsp3) is 0.529. The van der Waals surface area contributed by atoms with Crippen LogP contribution in [-0.4, -0.2) is 57.8 Å². The Morgan fingerprint density at radius 3 is 0.810 bits per heavy atom. The first-order valence-corrected chi connectivity index (χ1v) is 23.6. The molecule has 4 rings (SSSR count). The van der Waals surface area contributed by atoms with Gasteiger partial charge >= 0.3 is 0 Å². The molecule has 1 aliphatic rings. The number of ether oxygens (including phenoxy) is 6. The Kier molecular flexibility index (Phi) is 23.0. The average Bonchev–Trinajstić information content (AvgIpc) is 3.28. The zero-order chi connectivity index (χ0) is 45.2. The number of anilines is 3. The van der Waals surface area contributed by atoms with Gasteiger partial charge in [0.2, 0.25) is 0 Å². The normalized spacial score (nSPS) is 16.0. The summed E-state index contributed by atoms with van der Waals surface area (Å²) >= 11 is 0. The fourth-order valence-electron chi connectivity index (χ4n) is 6.64. The third-order valence-electron chi connectivity index (χ3n) is 10.7. The zero-order valence-corrected chi connectivity index (χ0v) is 39.1. The van der Waals surface area contributed by atoms with E-state index in [0.717, 1.165) is 128 Å². The van der Waals surface area contributed by atoms with E-state index in [9.17, 15) is 0 Å². The lowest BCUT2D eigenvalue weighted by Crippen LogP contribution is -2.52. The number of hydrogen-bond acceptors (Lipinski definition) is 12. The SMILES string of the molecule is CCCCOc1ccc(NC=C2C(N)C(=CNc3ccc(OCCCC)c(OCCCC)c3)C(N)C(=CNc3ccc(OCCCC)c(OCCCC)c3)C2N)cc1OCCCC. The molecule has 9 N–H and O–H groups in total. The highest BCUT2D eigenvalue weighted by molar-refractivity contribution is 5.61. The third-order valence-corrected chi connectivity index (χ3v) is 10.7. The van der Waals surface area contributed by atoms with Crippen molar-refractivity contribution < 1.29 is 28.4 Å². The largest absolute Gasteiger partial charge is 0.490 e. The number of benzene rings is 3. The van der Waals surface area contributed by atoms with E-state index in [1.807, 2.05) is 73.2 Å². The summed E-state index contributed by atoms with van der Waals surface area (Å²) in [6.07, 6.45) is 17.6. The second-order valence-electron chi connectivity index (χ2n) is 16.0. The van der Waals surface area contributed by atoms with Crippen molar-refractivity contribution in [2.75, 3.05) is 55.6 Å². The van der Waals surface area contributed by atoms with Crippen LogP contribution in [0.4, 0.5) is 17.1 Å². The molecule has 348 valence electrons. The molecule has 0 saturated heterocycles. The van der Waals surface area contributed by atoms with Gasteiger partial charge in [0.25, 0.3) is 0 Å². The maximum atomic E-state index is 7.11. The Balaban J connectivity index is 1.71. The minimum atomic E-state index is -0.612. The van der Waals surface area contributed by atoms with Crippen molar-refractivity contribution in [1.29, 1.82) is 0 Å². The topological polar surface area (TPSA) is 170 Å². The van der Waals surface area contributed by atoms with E-state index in [1.54, 1.807) is 0 Å². The van der Waals surface area contributed by atoms with Crippen LogP contribution in [0.5, 0.6) is 34.5 Å². The lowest BCUT2D eigenvalue weighted by Gasteiger charge is -2.37. The molecule has 1 saturated carbocycles. The monoisotopic (exact) mass is 871 g/mol. The van der Waals surface area contributed by atoms with Crippen LogP contribution in [0.15, 0.2) is 89.9 Å². The van der Waals surface area contributed by atoms with Gasteiger partial charge in [-0.25, -0.2) is 0 Å². The standard InChI is InChI=1S/C51H78N6O6/c1-7-13-25-58-43-22-19-37(31-46(43)61-28-16-10-4)55-34-40-49(52)41(35-56-38-20-23-44(59-26-14-8-2)47(32-38)62-29-17-11-5)51(54)42(50(40)53)36-57-39-21-24-45(60-27-15-9-3)48(33-39)63-30-18-12-6/h19-24,31-36,49-51,55-57H,7-18,25-30,52-54H2,1-6H3. The number of nitrogens with one attached hydrogen (secondary N) is 3. The maximum absolute atomic E-state index is 7.11. The van der Waals surface area contributed by atoms with E-state index in [-0.39, 0.29) is 0 Å². The Morgan fingerprint density at radius 1 is 0.365 bits per heavy atom. The van der Waals surface area contributed by atoms with Crippen molar-refractivity contribution >= 4 is 17.1 Å². The van der Waals surface area contributed by atoms with Gasteiger partial charge in [0.1, 0.15) is 0 Å². The molecule has 3 aromatic carbocycles. The second kappa shape index (κ2) is 28.6. The van der Waals surface area contributed by atoms with Gasteiger partial charge < -0.3 is 61.6 Å². The quantitative estimate of drug-likeness (QED) is 0.0351. The van der Waals surface area contributed by atoms with Crippen LogP contribution in [0, 0.1) is 0 Å². The molecule has 0 aromatic heterocycles. The number of nitrogens with two attached hydrogens (primary N) is 3. The van der Waals surface area contributed by atoms with Gasteiger partial charge in [0, 0.05) is 53.9 Å². The highest BCUT2D eigenvalue weighted by Gasteiger charge is 2.36. The van der Waals surface area contributed by atoms with Crippen molar-refractivity contribution in [1.82, 2.24) is 0 Å². The molecule has 0 aliphatic heterocycles. The summed E-state index contributed by atoms with van der Waals surface area (Å²) in [6, 6.07) is 15.8. The van der Waals surface area contributed by atoms with E-state index in [0.29, 0.717) is 56.9 Å². The van der Waals surface area contributed by atoms with Crippen LogP contribution in [0.1, 0.15) is 119 Å². The molecule has 1 fully saturated rings. The number of unbranched alkanes of at least 4 members (excludes halogenated alkanes) is 6. The molecule has 0 atom stereocenters. The zero-order valence-electron chi connectivity index (χ0n) is 39.1. The first kappa shape index (κ1) is 50.6. The fourth-order valence-corrected chi connectivity index (χ4v) is 6.64. The molecule has 0 radical (unpaired) electrons. The molecule has 3 aromatic rings. The van der Waals surface area contributed by atoms with Gasteiger partial charge in [-0.2, -0.15) is 0 Å². The van der Waals surface area contributed by atoms with Crippen LogP contribution in [-0.2, 0) is 0 Å². The molecule has 0 heterocycles. The molecule has 63 heavy (non-hydrogen) atoms. The van der Waals surface area contributed by atoms with Gasteiger partial charge in [-0.15, -0.1) is 0 Å². The summed E-state index contributed by atoms with van der Waals surface area (Å²) in [5.41, 5.74) is 26.0. The van der Waals surface area contributed by atoms with Crippen molar-refractivity contribution in [3.05, 3.63) is 89.9 Å². The minimum Gasteiger partial charge on any atom is -0.490 e. The summed E-state index contributed by atoms with van der Waals surface area (Å²) in [5, 5.41) is 10.4. The minimum absolute atomic E-state index is 0.600. The maximum Gasteiger partial charge on any atom is 0.163 e. The van der Waals surface area contributed by atoms with E-state index in [4.69, 9.17) is 45.6 Å². The predicted octanol–water partition coefficient (Wildman–Crippen LogP) is 11.0. The van der Waals surface area contributed by atoms with Crippen LogP contribution in [0.25, 0.3) is 0 Å². The second-order valence-corrected chi connectivity index (χ2v) is 16.0. The molecular weight excluding hydrogens is 793 g/mol. The Morgan fingerprint density at radius 2 is 0.587 bits per heavy atom. The molecular formula is C51H78N6O6. The predicted molar refractivity (Wildman–Crippen MR) is 261 cm³/mol. The highest BCUT2D eigenvalue weighted by atomic mass is 16.5. The van der Waals surface area contributed by atoms with E-state index in [1.165, 1.54) is 0 Å². The molecule has 0 amide bonds. The van der Waals surface area contributed by atoms with Gasteiger partial charge in [0.05, 0.1) is 57.8 Å². The van der Waals surface area contributed by atoms with E-state index < -0.39 is 18.1 Å². The van der Waals surface area contributed by atoms with Gasteiger partial charge in [-0.1, -0.05) is 80.1 Å². The summed E-state index contributed by atoms with van der Waals surface area (Å²) < 4.78 is 36.9. The lowest BCUT2D eigenvalue weighted by molar-refractivity contribution is 0.262. The smallest absolute Gasteiger partial charge is 0.163 e. The Hall–Kier alpha value is -5.04. The van der Waals surface area contributed by atoms with E-state index in [2.05, 4.69) is 57.5 Å². The molecule has 0 bridgehead atoms. The summed E-state index contributed by atoms with van der Waals surface area (Å²) in [7, 11) is 0. The molecule has 0 unspecified atom stereocenters. The Labute approximate surface area is 378 Å². The van der Waals surface area contributed by atoms with Gasteiger partial charge in [-0.05, 0) is 91.6 Å². The molecule has 0 spiro atoms. The molecule has 12 nitrogen and oxygen atoms in total. The molecule has 12 heteroatoms. The first-order chi connectivity index (χ1) is 30.8. The first-order valence-electron chi connectivity index (χ1n) is 23.6. The van der Waals surface area contributed by atoms with Gasteiger partial charge in [-0.3, -0.25) is 0 Å². The van der Waals surface area contributed by atoms with Crippen molar-refractivity contribution in [2.24, 2.45) is 17.2 Å². The molecule has 1 aliphatic carbocycles. The summed E-state index contributed by atoms with van der Waals surface area (Å²) in [4.78, 5) is 0. The van der Waals surface area contributed by atoms with Crippen molar-refractivity contribution in [3.63, 3.8) is 0 Å². The van der Waals surface area contributed by atoms with Gasteiger partial charge in [0.15, 0.2) is 34.5 Å². The van der Waals surface area contributed by atoms with Crippen molar-refractivity contribution in [2.45, 2.75) is 137 Å². The third kappa shape index (κ3) is 16.2. The van der Waals surface area contributed by atoms with Crippen LogP contribution in [0.2, 0.25) is 0 Å². The van der Waals surface area contributed by atoms with Crippen LogP contribution < -0.4 is 61.6 Å². The number of rotatable bonds is 30. The Bertz CT molecular complexity index is 1650. The summed E-state index contributed by atoms with van der Waals surface area (Å²) in [6.45, 7) is 16.6. The number of hydrogen-bond donors (Lipinski definition) is 6. The van der Waals surface area contributed by atoms with Crippen molar-refractivity contribution in [3.8, 4) is 34.5 Å². The average molecular weight is 871 g/mol. The van der Waals surface area contributed by atoms with E-state index >= 15 is 0 Å².